The number of carbonyl (C=O) groups is 4. The smallest absolute Gasteiger partial charge is 0.308 e. The van der Waals surface area contributed by atoms with Crippen molar-refractivity contribution < 1.29 is 28.7 Å². The molecule has 0 radical (unpaired) electrons. The molecular formula is C21H21NO6. The van der Waals surface area contributed by atoms with Gasteiger partial charge in [-0.2, -0.15) is 0 Å². The predicted octanol–water partition coefficient (Wildman–Crippen LogP) is 3.07. The Morgan fingerprint density at radius 3 is 2.32 bits per heavy atom. The van der Waals surface area contributed by atoms with Crippen LogP contribution in [0.1, 0.15) is 35.7 Å². The highest BCUT2D eigenvalue weighted by atomic mass is 16.5. The summed E-state index contributed by atoms with van der Waals surface area (Å²) in [4.78, 5) is 46.5. The zero-order chi connectivity index (χ0) is 20.5. The summed E-state index contributed by atoms with van der Waals surface area (Å²) in [6, 6.07) is 13.2. The van der Waals surface area contributed by atoms with Crippen LogP contribution in [-0.2, 0) is 19.1 Å². The molecule has 0 saturated heterocycles. The first-order chi connectivity index (χ1) is 13.3. The summed E-state index contributed by atoms with van der Waals surface area (Å²) >= 11 is 0. The minimum atomic E-state index is -0.635. The molecular weight excluding hydrogens is 362 g/mol. The van der Waals surface area contributed by atoms with Crippen LogP contribution in [0.5, 0.6) is 5.75 Å². The second kappa shape index (κ2) is 10.0. The number of hydrogen-bond donors (Lipinski definition) is 1. The van der Waals surface area contributed by atoms with E-state index in [9.17, 15) is 19.2 Å². The maximum atomic E-state index is 12.0. The minimum absolute atomic E-state index is 0.0436. The monoisotopic (exact) mass is 383 g/mol. The molecule has 1 amide bonds. The van der Waals surface area contributed by atoms with Crippen LogP contribution in [0.3, 0.4) is 0 Å². The van der Waals surface area contributed by atoms with Gasteiger partial charge in [-0.25, -0.2) is 0 Å². The van der Waals surface area contributed by atoms with Gasteiger partial charge in [0, 0.05) is 24.6 Å². The largest absolute Gasteiger partial charge is 0.457 e. The fourth-order valence-corrected chi connectivity index (χ4v) is 2.34. The lowest BCUT2D eigenvalue weighted by Gasteiger charge is -2.07. The van der Waals surface area contributed by atoms with Gasteiger partial charge in [-0.05, 0) is 48.9 Å². The second-order valence-corrected chi connectivity index (χ2v) is 6.12. The van der Waals surface area contributed by atoms with Gasteiger partial charge in [0.25, 0.3) is 0 Å². The van der Waals surface area contributed by atoms with E-state index in [1.807, 2.05) is 25.1 Å². The molecule has 0 bridgehead atoms. The Hall–Kier alpha value is -3.48. The number of hydrogen-bond acceptors (Lipinski definition) is 6. The van der Waals surface area contributed by atoms with Crippen molar-refractivity contribution in [2.75, 3.05) is 11.9 Å². The van der Waals surface area contributed by atoms with Gasteiger partial charge in [-0.15, -0.1) is 0 Å². The maximum Gasteiger partial charge on any atom is 0.308 e. The molecule has 7 nitrogen and oxygen atoms in total. The van der Waals surface area contributed by atoms with E-state index in [-0.39, 0.29) is 18.7 Å². The molecule has 0 aromatic heterocycles. The average Bonchev–Trinajstić information content (AvgIpc) is 2.64. The summed E-state index contributed by atoms with van der Waals surface area (Å²) in [5.41, 5.74) is 1.99. The van der Waals surface area contributed by atoms with Crippen LogP contribution < -0.4 is 10.1 Å². The molecule has 146 valence electrons. The number of ketones is 1. The van der Waals surface area contributed by atoms with Crippen molar-refractivity contribution in [1.29, 1.82) is 0 Å². The summed E-state index contributed by atoms with van der Waals surface area (Å²) in [5.74, 6) is -1.48. The summed E-state index contributed by atoms with van der Waals surface area (Å²) in [5, 5.41) is 2.70. The number of Topliss-reactive ketones (excluding diaryl/α,β-unsaturated/α-hetero) is 1. The van der Waals surface area contributed by atoms with E-state index < -0.39 is 24.3 Å². The lowest BCUT2D eigenvalue weighted by Crippen LogP contribution is -2.17. The Morgan fingerprint density at radius 2 is 1.68 bits per heavy atom. The quantitative estimate of drug-likeness (QED) is 0.427. The first-order valence-corrected chi connectivity index (χ1v) is 8.67. The van der Waals surface area contributed by atoms with E-state index in [1.165, 1.54) is 31.2 Å². The second-order valence-electron chi connectivity index (χ2n) is 6.12. The van der Waals surface area contributed by atoms with E-state index >= 15 is 0 Å². The van der Waals surface area contributed by atoms with Crippen LogP contribution in [0.2, 0.25) is 0 Å². The topological polar surface area (TPSA) is 98.8 Å². The van der Waals surface area contributed by atoms with Crippen molar-refractivity contribution in [3.63, 3.8) is 0 Å². The molecule has 0 atom stereocenters. The molecule has 0 aliphatic carbocycles. The number of aryl methyl sites for hydroxylation is 1. The average molecular weight is 383 g/mol. The van der Waals surface area contributed by atoms with Crippen molar-refractivity contribution in [2.24, 2.45) is 0 Å². The molecule has 0 saturated carbocycles. The van der Waals surface area contributed by atoms with Crippen LogP contribution in [0.25, 0.3) is 0 Å². The van der Waals surface area contributed by atoms with E-state index in [1.54, 1.807) is 6.07 Å². The number of amides is 1. The SMILES string of the molecule is CC(=O)Oc1ccc(C(=O)COC(=O)CCC(=O)Nc2cccc(C)c2)cc1. The molecule has 2 aromatic carbocycles. The van der Waals surface area contributed by atoms with Crippen LogP contribution in [0, 0.1) is 6.92 Å². The van der Waals surface area contributed by atoms with Crippen molar-refractivity contribution in [3.05, 3.63) is 59.7 Å². The highest BCUT2D eigenvalue weighted by molar-refractivity contribution is 5.98. The number of anilines is 1. The lowest BCUT2D eigenvalue weighted by molar-refractivity contribution is -0.143. The van der Waals surface area contributed by atoms with Crippen LogP contribution in [0.4, 0.5) is 5.69 Å². The Morgan fingerprint density at radius 1 is 0.964 bits per heavy atom. The number of rotatable bonds is 8. The third-order valence-electron chi connectivity index (χ3n) is 3.66. The number of benzene rings is 2. The van der Waals surface area contributed by atoms with Gasteiger partial charge < -0.3 is 14.8 Å². The number of ether oxygens (including phenoxy) is 2. The van der Waals surface area contributed by atoms with Crippen LogP contribution in [0.15, 0.2) is 48.5 Å². The highest BCUT2D eigenvalue weighted by Gasteiger charge is 2.12. The zero-order valence-electron chi connectivity index (χ0n) is 15.7. The molecule has 2 rings (SSSR count). The van der Waals surface area contributed by atoms with Gasteiger partial charge >= 0.3 is 11.9 Å². The van der Waals surface area contributed by atoms with Gasteiger partial charge in [0.15, 0.2) is 12.4 Å². The van der Waals surface area contributed by atoms with Crippen molar-refractivity contribution in [2.45, 2.75) is 26.7 Å². The van der Waals surface area contributed by atoms with Gasteiger partial charge in [0.05, 0.1) is 6.42 Å². The molecule has 0 heterocycles. The molecule has 0 unspecified atom stereocenters. The molecule has 7 heteroatoms. The Kier molecular flexibility index (Phi) is 7.45. The number of esters is 2. The molecule has 1 N–H and O–H groups in total. The van der Waals surface area contributed by atoms with Gasteiger partial charge in [0.1, 0.15) is 5.75 Å². The molecule has 0 aliphatic rings. The van der Waals surface area contributed by atoms with Crippen LogP contribution >= 0.6 is 0 Å². The van der Waals surface area contributed by atoms with E-state index in [4.69, 9.17) is 9.47 Å². The molecule has 28 heavy (non-hydrogen) atoms. The summed E-state index contributed by atoms with van der Waals surface area (Å²) in [7, 11) is 0. The Labute approximate surface area is 162 Å². The van der Waals surface area contributed by atoms with E-state index in [0.717, 1.165) is 5.56 Å². The Bertz CT molecular complexity index is 873. The third kappa shape index (κ3) is 7.03. The van der Waals surface area contributed by atoms with Crippen LogP contribution in [-0.4, -0.2) is 30.2 Å². The zero-order valence-corrected chi connectivity index (χ0v) is 15.7. The van der Waals surface area contributed by atoms with E-state index in [0.29, 0.717) is 17.0 Å². The first-order valence-electron chi connectivity index (χ1n) is 8.67. The van der Waals surface area contributed by atoms with Crippen molar-refractivity contribution >= 4 is 29.3 Å². The van der Waals surface area contributed by atoms with Gasteiger partial charge in [0.2, 0.25) is 5.91 Å². The Balaban J connectivity index is 1.73. The fraction of sp³-hybridized carbons (Fsp3) is 0.238. The number of carbonyl (C=O) groups excluding carboxylic acids is 4. The summed E-state index contributed by atoms with van der Waals surface area (Å²) in [6.07, 6.45) is -0.172. The standard InChI is InChI=1S/C21H21NO6/c1-14-4-3-5-17(12-14)22-20(25)10-11-21(26)27-13-19(24)16-6-8-18(9-7-16)28-15(2)23/h3-9,12H,10-11,13H2,1-2H3,(H,22,25). The maximum absolute atomic E-state index is 12.0. The summed E-state index contributed by atoms with van der Waals surface area (Å²) in [6.45, 7) is 2.76. The minimum Gasteiger partial charge on any atom is -0.457 e. The predicted molar refractivity (Wildman–Crippen MR) is 102 cm³/mol. The number of nitrogens with one attached hydrogen (secondary N) is 1. The molecule has 0 aliphatic heterocycles. The molecule has 2 aromatic rings. The molecule has 0 spiro atoms. The summed E-state index contributed by atoms with van der Waals surface area (Å²) < 4.78 is 9.80. The van der Waals surface area contributed by atoms with Gasteiger partial charge in [-0.1, -0.05) is 12.1 Å². The lowest BCUT2D eigenvalue weighted by atomic mass is 10.1. The van der Waals surface area contributed by atoms with Crippen molar-refractivity contribution in [1.82, 2.24) is 0 Å². The van der Waals surface area contributed by atoms with Gasteiger partial charge in [-0.3, -0.25) is 19.2 Å². The van der Waals surface area contributed by atoms with Crippen molar-refractivity contribution in [3.8, 4) is 5.75 Å². The normalized spacial score (nSPS) is 10.1. The van der Waals surface area contributed by atoms with E-state index in [2.05, 4.69) is 5.32 Å². The fourth-order valence-electron chi connectivity index (χ4n) is 2.34. The molecule has 0 fully saturated rings. The third-order valence-corrected chi connectivity index (χ3v) is 3.66. The highest BCUT2D eigenvalue weighted by Crippen LogP contribution is 2.13. The first kappa shape index (κ1) is 20.8.